The molecule has 1 saturated heterocycles. The zero-order valence-electron chi connectivity index (χ0n) is 16.3. The summed E-state index contributed by atoms with van der Waals surface area (Å²) in [7, 11) is -1.64. The van der Waals surface area contributed by atoms with Crippen molar-refractivity contribution in [1.29, 1.82) is 0 Å². The van der Waals surface area contributed by atoms with E-state index in [0.29, 0.717) is 37.4 Å². The summed E-state index contributed by atoms with van der Waals surface area (Å²) in [6.45, 7) is 4.11. The molecule has 3 rings (SSSR count). The largest absolute Gasteiger partial charge is 0.321 e. The summed E-state index contributed by atoms with van der Waals surface area (Å²) in [6, 6.07) is 12.3. The number of benzene rings is 2. The maximum Gasteiger partial charge on any atom is 0.256 e. The fraction of sp³-hybridized carbons (Fsp3) is 0.350. The van der Waals surface area contributed by atoms with Gasteiger partial charge in [0.15, 0.2) is 0 Å². The highest BCUT2D eigenvalue weighted by molar-refractivity contribution is 7.98. The third kappa shape index (κ3) is 4.41. The van der Waals surface area contributed by atoms with E-state index in [-0.39, 0.29) is 10.8 Å². The fourth-order valence-corrected chi connectivity index (χ4v) is 5.12. The first kappa shape index (κ1) is 20.9. The summed E-state index contributed by atoms with van der Waals surface area (Å²) in [5.41, 5.74) is 1.81. The monoisotopic (exact) mass is 419 g/mol. The number of hydrogen-bond donors (Lipinski definition) is 1. The molecule has 0 atom stereocenters. The molecule has 0 bridgehead atoms. The lowest BCUT2D eigenvalue weighted by atomic mass is 10.1. The average molecular weight is 420 g/mol. The number of likely N-dealkylation sites (N-methyl/N-ethyl adjacent to an activating group) is 1. The molecule has 1 aliphatic rings. The van der Waals surface area contributed by atoms with Gasteiger partial charge in [-0.1, -0.05) is 18.2 Å². The van der Waals surface area contributed by atoms with Crippen LogP contribution >= 0.6 is 11.8 Å². The van der Waals surface area contributed by atoms with Crippen LogP contribution in [0, 0.1) is 6.92 Å². The predicted octanol–water partition coefficient (Wildman–Crippen LogP) is 2.91. The topological polar surface area (TPSA) is 69.7 Å². The summed E-state index contributed by atoms with van der Waals surface area (Å²) in [6.07, 6.45) is 1.94. The molecule has 1 N–H and O–H groups in total. The number of nitrogens with zero attached hydrogens (tertiary/aromatic N) is 2. The minimum Gasteiger partial charge on any atom is -0.321 e. The standard InChI is InChI=1S/C20H25N3O3S2/c1-15-8-9-16(28(25,26)23-12-10-22(2)11-13-23)14-17(15)20(24)21-18-6-4-5-7-19(18)27-3/h4-9,14H,10-13H2,1-3H3,(H,21,24). The van der Waals surface area contributed by atoms with Crippen LogP contribution in [0.2, 0.25) is 0 Å². The first-order valence-electron chi connectivity index (χ1n) is 9.06. The quantitative estimate of drug-likeness (QED) is 0.755. The molecule has 8 heteroatoms. The van der Waals surface area contributed by atoms with Gasteiger partial charge in [0.1, 0.15) is 0 Å². The molecule has 1 aliphatic heterocycles. The lowest BCUT2D eigenvalue weighted by Crippen LogP contribution is -2.47. The van der Waals surface area contributed by atoms with Crippen molar-refractivity contribution in [2.24, 2.45) is 0 Å². The van der Waals surface area contributed by atoms with Crippen molar-refractivity contribution in [2.45, 2.75) is 16.7 Å². The van der Waals surface area contributed by atoms with Crippen LogP contribution in [0.1, 0.15) is 15.9 Å². The van der Waals surface area contributed by atoms with Crippen molar-refractivity contribution in [1.82, 2.24) is 9.21 Å². The van der Waals surface area contributed by atoms with E-state index >= 15 is 0 Å². The van der Waals surface area contributed by atoms with Gasteiger partial charge in [-0.25, -0.2) is 8.42 Å². The van der Waals surface area contributed by atoms with Crippen LogP contribution in [0.4, 0.5) is 5.69 Å². The molecule has 1 amide bonds. The summed E-state index contributed by atoms with van der Waals surface area (Å²) < 4.78 is 27.5. The Balaban J connectivity index is 1.88. The summed E-state index contributed by atoms with van der Waals surface area (Å²) in [5, 5.41) is 2.91. The number of hydrogen-bond acceptors (Lipinski definition) is 5. The average Bonchev–Trinajstić information content (AvgIpc) is 2.68. The van der Waals surface area contributed by atoms with Crippen LogP contribution in [-0.4, -0.2) is 63.0 Å². The molecular weight excluding hydrogens is 394 g/mol. The molecular formula is C20H25N3O3S2. The number of thioether (sulfide) groups is 1. The van der Waals surface area contributed by atoms with Gasteiger partial charge in [-0.15, -0.1) is 11.8 Å². The number of para-hydroxylation sites is 1. The van der Waals surface area contributed by atoms with Gasteiger partial charge in [-0.3, -0.25) is 4.79 Å². The van der Waals surface area contributed by atoms with Crippen LogP contribution in [0.5, 0.6) is 0 Å². The Bertz CT molecular complexity index is 968. The maximum absolute atomic E-state index is 13.0. The number of aryl methyl sites for hydroxylation is 1. The lowest BCUT2D eigenvalue weighted by Gasteiger charge is -2.31. The highest BCUT2D eigenvalue weighted by atomic mass is 32.2. The van der Waals surface area contributed by atoms with E-state index in [9.17, 15) is 13.2 Å². The lowest BCUT2D eigenvalue weighted by molar-refractivity contribution is 0.102. The maximum atomic E-state index is 13.0. The summed E-state index contributed by atoms with van der Waals surface area (Å²) >= 11 is 1.54. The summed E-state index contributed by atoms with van der Waals surface area (Å²) in [4.78, 5) is 16.1. The van der Waals surface area contributed by atoms with Crippen molar-refractivity contribution in [3.63, 3.8) is 0 Å². The normalized spacial score (nSPS) is 16.1. The van der Waals surface area contributed by atoms with Crippen molar-refractivity contribution < 1.29 is 13.2 Å². The second-order valence-corrected chi connectivity index (χ2v) is 9.62. The van der Waals surface area contributed by atoms with Crippen LogP contribution < -0.4 is 5.32 Å². The van der Waals surface area contributed by atoms with Crippen molar-refractivity contribution in [3.05, 3.63) is 53.6 Å². The fourth-order valence-electron chi connectivity index (χ4n) is 3.12. The first-order chi connectivity index (χ1) is 13.3. The second-order valence-electron chi connectivity index (χ2n) is 6.84. The van der Waals surface area contributed by atoms with E-state index in [0.717, 1.165) is 10.5 Å². The second kappa shape index (κ2) is 8.65. The van der Waals surface area contributed by atoms with Crippen LogP contribution in [0.15, 0.2) is 52.3 Å². The molecule has 0 unspecified atom stereocenters. The van der Waals surface area contributed by atoms with E-state index in [1.807, 2.05) is 44.5 Å². The molecule has 150 valence electrons. The van der Waals surface area contributed by atoms with Gasteiger partial charge >= 0.3 is 0 Å². The highest BCUT2D eigenvalue weighted by Crippen LogP contribution is 2.26. The van der Waals surface area contributed by atoms with Crippen LogP contribution in [-0.2, 0) is 10.0 Å². The van der Waals surface area contributed by atoms with Crippen molar-refractivity contribution in [2.75, 3.05) is 44.8 Å². The van der Waals surface area contributed by atoms with E-state index in [1.165, 1.54) is 10.4 Å². The molecule has 0 aliphatic carbocycles. The van der Waals surface area contributed by atoms with E-state index in [2.05, 4.69) is 10.2 Å². The first-order valence-corrected chi connectivity index (χ1v) is 11.7. The number of sulfonamides is 1. The Kier molecular flexibility index (Phi) is 6.44. The van der Waals surface area contributed by atoms with Gasteiger partial charge in [0.2, 0.25) is 10.0 Å². The van der Waals surface area contributed by atoms with Gasteiger partial charge in [0, 0.05) is 36.6 Å². The molecule has 2 aromatic rings. The Morgan fingerprint density at radius 2 is 1.75 bits per heavy atom. The minimum atomic E-state index is -3.62. The third-order valence-corrected chi connectivity index (χ3v) is 7.60. The molecule has 6 nitrogen and oxygen atoms in total. The molecule has 28 heavy (non-hydrogen) atoms. The minimum absolute atomic E-state index is 0.158. The Morgan fingerprint density at radius 1 is 1.07 bits per heavy atom. The van der Waals surface area contributed by atoms with Gasteiger partial charge in [0.25, 0.3) is 5.91 Å². The smallest absolute Gasteiger partial charge is 0.256 e. The molecule has 0 aromatic heterocycles. The van der Waals surface area contributed by atoms with Gasteiger partial charge < -0.3 is 10.2 Å². The molecule has 1 heterocycles. The van der Waals surface area contributed by atoms with E-state index in [1.54, 1.807) is 23.9 Å². The van der Waals surface area contributed by atoms with Crippen molar-refractivity contribution in [3.8, 4) is 0 Å². The molecule has 0 radical (unpaired) electrons. The Morgan fingerprint density at radius 3 is 2.43 bits per heavy atom. The van der Waals surface area contributed by atoms with E-state index in [4.69, 9.17) is 0 Å². The highest BCUT2D eigenvalue weighted by Gasteiger charge is 2.28. The molecule has 1 fully saturated rings. The number of nitrogens with one attached hydrogen (secondary N) is 1. The summed E-state index contributed by atoms with van der Waals surface area (Å²) in [5.74, 6) is -0.311. The zero-order valence-corrected chi connectivity index (χ0v) is 17.9. The molecule has 0 saturated carbocycles. The number of carbonyl (C=O) groups excluding carboxylic acids is 1. The van der Waals surface area contributed by atoms with E-state index < -0.39 is 10.0 Å². The Labute approximate surface area is 171 Å². The number of rotatable bonds is 5. The Hall–Kier alpha value is -1.87. The molecule has 0 spiro atoms. The molecule has 2 aromatic carbocycles. The predicted molar refractivity (Wildman–Crippen MR) is 114 cm³/mol. The number of carbonyl (C=O) groups is 1. The number of amides is 1. The van der Waals surface area contributed by atoms with Crippen molar-refractivity contribution >= 4 is 33.4 Å². The van der Waals surface area contributed by atoms with Gasteiger partial charge in [-0.2, -0.15) is 4.31 Å². The van der Waals surface area contributed by atoms with Crippen LogP contribution in [0.25, 0.3) is 0 Å². The van der Waals surface area contributed by atoms with Gasteiger partial charge in [0.05, 0.1) is 10.6 Å². The van der Waals surface area contributed by atoms with Gasteiger partial charge in [-0.05, 0) is 50.1 Å². The SMILES string of the molecule is CSc1ccccc1NC(=O)c1cc(S(=O)(=O)N2CCN(C)CC2)ccc1C. The van der Waals surface area contributed by atoms with Crippen LogP contribution in [0.3, 0.4) is 0 Å². The third-order valence-electron chi connectivity index (χ3n) is 4.91. The number of anilines is 1. The zero-order chi connectivity index (χ0) is 20.3. The number of piperazine rings is 1.